The van der Waals surface area contributed by atoms with Gasteiger partial charge in [0, 0.05) is 5.56 Å². The van der Waals surface area contributed by atoms with Crippen LogP contribution in [0, 0.1) is 0 Å². The highest BCUT2D eigenvalue weighted by Crippen LogP contribution is 2.20. The zero-order valence-corrected chi connectivity index (χ0v) is 16.0. The van der Waals surface area contributed by atoms with Gasteiger partial charge in [0.25, 0.3) is 5.91 Å². The Balaban J connectivity index is 1.94. The molecule has 0 bridgehead atoms. The topological polar surface area (TPSA) is 135 Å². The van der Waals surface area contributed by atoms with Crippen molar-refractivity contribution in [3.05, 3.63) is 52.2 Å². The maximum atomic E-state index is 12.3. The lowest BCUT2D eigenvalue weighted by Gasteiger charge is -2.17. The molecule has 1 aromatic carbocycles. The van der Waals surface area contributed by atoms with Crippen molar-refractivity contribution in [3.63, 3.8) is 0 Å². The lowest BCUT2D eigenvalue weighted by molar-refractivity contribution is -0.141. The number of carbonyl (C=O) groups is 3. The van der Waals surface area contributed by atoms with Gasteiger partial charge >= 0.3 is 5.97 Å². The van der Waals surface area contributed by atoms with Crippen LogP contribution in [0.1, 0.15) is 28.4 Å². The van der Waals surface area contributed by atoms with Crippen LogP contribution in [0.4, 0.5) is 5.69 Å². The van der Waals surface area contributed by atoms with E-state index in [0.717, 1.165) is 5.56 Å². The molecule has 2 amide bonds. The number of hydrogen-bond acceptors (Lipinski definition) is 7. The van der Waals surface area contributed by atoms with E-state index in [1.165, 1.54) is 24.8 Å². The van der Waals surface area contributed by atoms with Crippen LogP contribution in [0.5, 0.6) is 0 Å². The Morgan fingerprint density at radius 2 is 2.14 bits per heavy atom. The number of nitrogens with two attached hydrogens (primary N) is 1. The Labute approximate surface area is 166 Å². The van der Waals surface area contributed by atoms with Crippen molar-refractivity contribution >= 4 is 41.1 Å². The predicted octanol–water partition coefficient (Wildman–Crippen LogP) is 1.02. The number of nitrogens with zero attached hydrogens (tertiary/aromatic N) is 1. The van der Waals surface area contributed by atoms with Crippen molar-refractivity contribution in [3.8, 4) is 0 Å². The Morgan fingerprint density at radius 1 is 1.32 bits per heavy atom. The maximum absolute atomic E-state index is 12.3. The van der Waals surface area contributed by atoms with Crippen molar-refractivity contribution in [2.24, 2.45) is 10.8 Å². The molecule has 1 atom stereocenters. The number of aliphatic imine (C=N–C) groups is 1. The second kappa shape index (κ2) is 10.8. The van der Waals surface area contributed by atoms with E-state index in [0.29, 0.717) is 11.3 Å². The van der Waals surface area contributed by atoms with E-state index in [4.69, 9.17) is 5.84 Å². The molecular weight excluding hydrogens is 382 g/mol. The number of hydrogen-bond donors (Lipinski definition) is 4. The van der Waals surface area contributed by atoms with Crippen LogP contribution < -0.4 is 21.9 Å². The summed E-state index contributed by atoms with van der Waals surface area (Å²) in [6.07, 6.45) is 1.29. The monoisotopic (exact) mass is 403 g/mol. The van der Waals surface area contributed by atoms with E-state index in [-0.39, 0.29) is 13.0 Å². The highest BCUT2D eigenvalue weighted by Gasteiger charge is 2.19. The summed E-state index contributed by atoms with van der Waals surface area (Å²) in [5.74, 6) is 3.83. The Bertz CT molecular complexity index is 838. The highest BCUT2D eigenvalue weighted by atomic mass is 32.1. The molecule has 0 radical (unpaired) electrons. The molecule has 9 nitrogen and oxygen atoms in total. The lowest BCUT2D eigenvalue weighted by atomic mass is 10.1. The molecule has 0 aliphatic heterocycles. The first-order valence-electron chi connectivity index (χ1n) is 8.28. The van der Waals surface area contributed by atoms with Crippen molar-refractivity contribution in [2.75, 3.05) is 13.7 Å². The largest absolute Gasteiger partial charge is 0.469 e. The molecule has 0 saturated carbocycles. The van der Waals surface area contributed by atoms with Crippen LogP contribution in [0.3, 0.4) is 0 Å². The minimum Gasteiger partial charge on any atom is -0.469 e. The van der Waals surface area contributed by atoms with Crippen molar-refractivity contribution in [2.45, 2.75) is 12.5 Å². The van der Waals surface area contributed by atoms with Gasteiger partial charge < -0.3 is 20.8 Å². The fourth-order valence-electron chi connectivity index (χ4n) is 2.32. The first-order valence-corrected chi connectivity index (χ1v) is 9.23. The normalized spacial score (nSPS) is 11.6. The number of methoxy groups -OCH3 is 1. The summed E-state index contributed by atoms with van der Waals surface area (Å²) in [5, 5.41) is 8.97. The maximum Gasteiger partial charge on any atom is 0.307 e. The summed E-state index contributed by atoms with van der Waals surface area (Å²) in [7, 11) is 1.29. The standard InChI is InChI=1S/C18H21N5O4S/c1-27-17(25)8-15(13-5-6-28-10-13)23-16(24)9-20-18(26)12-3-2-4-14(7-12)21-11-22-19/h2-7,10-11,15H,8-9,19H2,1H3,(H,20,26)(H,21,22)(H,23,24). The molecule has 0 spiro atoms. The number of amides is 2. The Kier molecular flexibility index (Phi) is 8.12. The van der Waals surface area contributed by atoms with E-state index < -0.39 is 23.8 Å². The molecule has 10 heteroatoms. The fourth-order valence-corrected chi connectivity index (χ4v) is 3.04. The molecule has 2 rings (SSSR count). The molecule has 1 aromatic heterocycles. The predicted molar refractivity (Wildman–Crippen MR) is 106 cm³/mol. The van der Waals surface area contributed by atoms with Gasteiger partial charge in [-0.1, -0.05) is 6.07 Å². The van der Waals surface area contributed by atoms with Crippen LogP contribution in [0.2, 0.25) is 0 Å². The van der Waals surface area contributed by atoms with Crippen LogP contribution >= 0.6 is 11.3 Å². The average molecular weight is 403 g/mol. The molecule has 2 aromatic rings. The lowest BCUT2D eigenvalue weighted by Crippen LogP contribution is -2.39. The average Bonchev–Trinajstić information content (AvgIpc) is 3.25. The molecule has 0 fully saturated rings. The van der Waals surface area contributed by atoms with Gasteiger partial charge in [0.05, 0.1) is 31.8 Å². The molecule has 0 aliphatic rings. The summed E-state index contributed by atoms with van der Waals surface area (Å²) in [5.41, 5.74) is 3.96. The van der Waals surface area contributed by atoms with E-state index in [2.05, 4.69) is 25.8 Å². The SMILES string of the molecule is COC(=O)CC(NC(=O)CNC(=O)c1cccc(N=CNN)c1)c1ccsc1. The number of nitrogens with one attached hydrogen (secondary N) is 3. The third-order valence-electron chi connectivity index (χ3n) is 3.69. The molecule has 148 valence electrons. The van der Waals surface area contributed by atoms with Crippen LogP contribution in [-0.4, -0.2) is 37.8 Å². The summed E-state index contributed by atoms with van der Waals surface area (Å²) < 4.78 is 4.68. The van der Waals surface area contributed by atoms with Crippen molar-refractivity contribution in [1.29, 1.82) is 0 Å². The zero-order valence-electron chi connectivity index (χ0n) is 15.2. The summed E-state index contributed by atoms with van der Waals surface area (Å²) in [6.45, 7) is -0.238. The first-order chi connectivity index (χ1) is 13.5. The number of esters is 1. The van der Waals surface area contributed by atoms with E-state index in [9.17, 15) is 14.4 Å². The first kappa shape index (κ1) is 21.1. The number of ether oxygens (including phenoxy) is 1. The van der Waals surface area contributed by atoms with Crippen LogP contribution in [0.25, 0.3) is 0 Å². The third kappa shape index (κ3) is 6.49. The highest BCUT2D eigenvalue weighted by molar-refractivity contribution is 7.08. The molecule has 28 heavy (non-hydrogen) atoms. The number of benzene rings is 1. The second-order valence-electron chi connectivity index (χ2n) is 5.61. The van der Waals surface area contributed by atoms with Gasteiger partial charge in [0.1, 0.15) is 6.34 Å². The van der Waals surface area contributed by atoms with Crippen molar-refractivity contribution in [1.82, 2.24) is 16.1 Å². The van der Waals surface area contributed by atoms with Gasteiger partial charge in [-0.05, 0) is 40.6 Å². The molecule has 5 N–H and O–H groups in total. The van der Waals surface area contributed by atoms with Gasteiger partial charge in [0.2, 0.25) is 5.91 Å². The zero-order chi connectivity index (χ0) is 20.4. The summed E-state index contributed by atoms with van der Waals surface area (Å²) >= 11 is 1.46. The number of carbonyl (C=O) groups excluding carboxylic acids is 3. The molecular formula is C18H21N5O4S. The van der Waals surface area contributed by atoms with Gasteiger partial charge in [-0.3, -0.25) is 14.4 Å². The van der Waals surface area contributed by atoms with Crippen molar-refractivity contribution < 1.29 is 19.1 Å². The fraction of sp³-hybridized carbons (Fsp3) is 0.222. The minimum absolute atomic E-state index is 0.00213. The van der Waals surface area contributed by atoms with Crippen LogP contribution in [-0.2, 0) is 14.3 Å². The van der Waals surface area contributed by atoms with Gasteiger partial charge in [-0.15, -0.1) is 0 Å². The third-order valence-corrected chi connectivity index (χ3v) is 4.39. The molecule has 0 saturated heterocycles. The van der Waals surface area contributed by atoms with Gasteiger partial charge in [-0.25, -0.2) is 10.8 Å². The quantitative estimate of drug-likeness (QED) is 0.162. The number of rotatable bonds is 9. The second-order valence-corrected chi connectivity index (χ2v) is 6.39. The Morgan fingerprint density at radius 3 is 2.82 bits per heavy atom. The van der Waals surface area contributed by atoms with Gasteiger partial charge in [0.15, 0.2) is 0 Å². The summed E-state index contributed by atoms with van der Waals surface area (Å²) in [6, 6.07) is 7.83. The van der Waals surface area contributed by atoms with E-state index in [1.807, 2.05) is 16.8 Å². The number of hydrazine groups is 1. The van der Waals surface area contributed by atoms with Gasteiger partial charge in [-0.2, -0.15) is 11.3 Å². The van der Waals surface area contributed by atoms with Crippen LogP contribution in [0.15, 0.2) is 46.1 Å². The number of thiophene rings is 1. The molecule has 1 unspecified atom stereocenters. The molecule has 1 heterocycles. The van der Waals surface area contributed by atoms with E-state index in [1.54, 1.807) is 24.3 Å². The van der Waals surface area contributed by atoms with E-state index >= 15 is 0 Å². The minimum atomic E-state index is -0.524. The molecule has 0 aliphatic carbocycles. The summed E-state index contributed by atoms with van der Waals surface area (Å²) in [4.78, 5) is 40.1. The smallest absolute Gasteiger partial charge is 0.307 e. The Hall–Kier alpha value is -3.24.